The molecule has 0 radical (unpaired) electrons. The molecule has 0 amide bonds. The summed E-state index contributed by atoms with van der Waals surface area (Å²) in [7, 11) is 0. The van der Waals surface area contributed by atoms with Crippen LogP contribution in [0.3, 0.4) is 0 Å². The Labute approximate surface area is 69.1 Å². The zero-order valence-corrected chi connectivity index (χ0v) is 7.44. The molecule has 0 bridgehead atoms. The Hall–Kier alpha value is -0.0800. The average Bonchev–Trinajstić information content (AvgIpc) is 2.07. The van der Waals surface area contributed by atoms with Gasteiger partial charge in [0.2, 0.25) is 0 Å². The second kappa shape index (κ2) is 4.07. The van der Waals surface area contributed by atoms with Gasteiger partial charge in [0.05, 0.1) is 6.61 Å². The largest absolute Gasteiger partial charge is 0.381 e. The molecule has 0 aromatic heterocycles. The smallest absolute Gasteiger partial charge is 0.0534 e. The molecule has 1 aliphatic heterocycles. The molecule has 1 rings (SSSR count). The van der Waals surface area contributed by atoms with E-state index in [9.17, 15) is 0 Å². The molecule has 0 aromatic rings. The molecule has 1 fully saturated rings. The summed E-state index contributed by atoms with van der Waals surface area (Å²) in [6.07, 6.45) is 4.90. The highest BCUT2D eigenvalue weighted by Crippen LogP contribution is 2.31. The van der Waals surface area contributed by atoms with Crippen LogP contribution >= 0.6 is 0 Å². The molecule has 2 heteroatoms. The minimum absolute atomic E-state index is 0.326. The molecule has 0 aromatic carbocycles. The van der Waals surface area contributed by atoms with Gasteiger partial charge in [0, 0.05) is 18.6 Å². The summed E-state index contributed by atoms with van der Waals surface area (Å²) in [6, 6.07) is 0. The summed E-state index contributed by atoms with van der Waals surface area (Å²) >= 11 is 0. The molecular weight excluding hydrogens is 138 g/mol. The van der Waals surface area contributed by atoms with E-state index in [1.54, 1.807) is 0 Å². The van der Waals surface area contributed by atoms with Crippen LogP contribution in [0.25, 0.3) is 0 Å². The van der Waals surface area contributed by atoms with Crippen molar-refractivity contribution in [3.63, 3.8) is 0 Å². The number of hydrogen-bond donors (Lipinski definition) is 1. The van der Waals surface area contributed by atoms with Crippen molar-refractivity contribution >= 4 is 0 Å². The van der Waals surface area contributed by atoms with E-state index in [0.717, 1.165) is 19.8 Å². The minimum atomic E-state index is 0.326. The van der Waals surface area contributed by atoms with Crippen LogP contribution in [-0.2, 0) is 4.74 Å². The predicted octanol–water partition coefficient (Wildman–Crippen LogP) is 1.54. The maximum absolute atomic E-state index is 5.74. The quantitative estimate of drug-likeness (QED) is 0.674. The van der Waals surface area contributed by atoms with Gasteiger partial charge in [-0.25, -0.2) is 0 Å². The molecular formula is C9H19NO. The first kappa shape index (κ1) is 9.01. The Morgan fingerprint density at radius 2 is 2.36 bits per heavy atom. The van der Waals surface area contributed by atoms with Crippen LogP contribution in [-0.4, -0.2) is 19.8 Å². The van der Waals surface area contributed by atoms with Gasteiger partial charge >= 0.3 is 0 Å². The summed E-state index contributed by atoms with van der Waals surface area (Å²) in [5.41, 5.74) is 6.07. The zero-order chi connectivity index (χ0) is 8.16. The van der Waals surface area contributed by atoms with Gasteiger partial charge in [0.25, 0.3) is 0 Å². The summed E-state index contributed by atoms with van der Waals surface area (Å²) in [4.78, 5) is 0. The Bertz CT molecular complexity index is 103. The van der Waals surface area contributed by atoms with E-state index in [1.807, 2.05) is 0 Å². The Morgan fingerprint density at radius 1 is 1.55 bits per heavy atom. The van der Waals surface area contributed by atoms with Gasteiger partial charge in [0.15, 0.2) is 0 Å². The maximum atomic E-state index is 5.74. The molecule has 1 heterocycles. The van der Waals surface area contributed by atoms with Gasteiger partial charge in [-0.15, -0.1) is 0 Å². The van der Waals surface area contributed by atoms with Crippen molar-refractivity contribution in [2.75, 3.05) is 19.8 Å². The number of rotatable bonds is 3. The normalized spacial score (nSPS) is 32.2. The molecule has 1 aliphatic rings. The third-order valence-electron chi connectivity index (χ3n) is 2.62. The van der Waals surface area contributed by atoms with Crippen LogP contribution in [0.2, 0.25) is 0 Å². The van der Waals surface area contributed by atoms with Crippen LogP contribution in [0.1, 0.15) is 32.6 Å². The van der Waals surface area contributed by atoms with Crippen molar-refractivity contribution in [2.45, 2.75) is 32.6 Å². The van der Waals surface area contributed by atoms with Gasteiger partial charge in [-0.2, -0.15) is 0 Å². The molecule has 0 aliphatic carbocycles. The highest BCUT2D eigenvalue weighted by atomic mass is 16.5. The van der Waals surface area contributed by atoms with Crippen LogP contribution in [0.4, 0.5) is 0 Å². The van der Waals surface area contributed by atoms with Crippen LogP contribution in [0, 0.1) is 5.41 Å². The van der Waals surface area contributed by atoms with E-state index in [1.165, 1.54) is 25.7 Å². The minimum Gasteiger partial charge on any atom is -0.381 e. The van der Waals surface area contributed by atoms with Crippen LogP contribution in [0.15, 0.2) is 0 Å². The lowest BCUT2D eigenvalue weighted by atomic mass is 9.79. The second-order valence-corrected chi connectivity index (χ2v) is 3.61. The Morgan fingerprint density at radius 3 is 2.82 bits per heavy atom. The lowest BCUT2D eigenvalue weighted by molar-refractivity contribution is -0.00779. The van der Waals surface area contributed by atoms with E-state index < -0.39 is 0 Å². The third kappa shape index (κ3) is 2.17. The molecule has 2 nitrogen and oxygen atoms in total. The van der Waals surface area contributed by atoms with Crippen molar-refractivity contribution in [3.05, 3.63) is 0 Å². The first-order chi connectivity index (χ1) is 5.33. The zero-order valence-electron chi connectivity index (χ0n) is 7.44. The average molecular weight is 157 g/mol. The van der Waals surface area contributed by atoms with Crippen molar-refractivity contribution in [2.24, 2.45) is 11.1 Å². The SMILES string of the molecule is CCCC1(CN)CCCOC1. The number of hydrogen-bond acceptors (Lipinski definition) is 2. The third-order valence-corrected chi connectivity index (χ3v) is 2.62. The molecule has 0 saturated carbocycles. The molecule has 0 spiro atoms. The predicted molar refractivity (Wildman–Crippen MR) is 46.4 cm³/mol. The van der Waals surface area contributed by atoms with Gasteiger partial charge in [0.1, 0.15) is 0 Å². The van der Waals surface area contributed by atoms with Crippen molar-refractivity contribution in [3.8, 4) is 0 Å². The molecule has 2 N–H and O–H groups in total. The number of nitrogens with two attached hydrogens (primary N) is 1. The lowest BCUT2D eigenvalue weighted by Crippen LogP contribution is -2.38. The van der Waals surface area contributed by atoms with Gasteiger partial charge in [-0.1, -0.05) is 13.3 Å². The number of ether oxygens (including phenoxy) is 1. The fourth-order valence-corrected chi connectivity index (χ4v) is 1.90. The monoisotopic (exact) mass is 157 g/mol. The molecule has 11 heavy (non-hydrogen) atoms. The van der Waals surface area contributed by atoms with E-state index in [-0.39, 0.29) is 0 Å². The van der Waals surface area contributed by atoms with Crippen molar-refractivity contribution < 1.29 is 4.74 Å². The van der Waals surface area contributed by atoms with Gasteiger partial charge in [-0.3, -0.25) is 0 Å². The van der Waals surface area contributed by atoms with Crippen molar-refractivity contribution in [1.29, 1.82) is 0 Å². The molecule has 1 atom stereocenters. The summed E-state index contributed by atoms with van der Waals surface area (Å²) in [6.45, 7) is 4.83. The highest BCUT2D eigenvalue weighted by Gasteiger charge is 2.30. The van der Waals surface area contributed by atoms with Gasteiger partial charge < -0.3 is 10.5 Å². The van der Waals surface area contributed by atoms with E-state index >= 15 is 0 Å². The van der Waals surface area contributed by atoms with E-state index in [2.05, 4.69) is 6.92 Å². The molecule has 1 saturated heterocycles. The summed E-state index contributed by atoms with van der Waals surface area (Å²) in [5.74, 6) is 0. The Kier molecular flexibility index (Phi) is 3.34. The highest BCUT2D eigenvalue weighted by molar-refractivity contribution is 4.82. The van der Waals surface area contributed by atoms with Gasteiger partial charge in [-0.05, 0) is 19.3 Å². The van der Waals surface area contributed by atoms with E-state index in [4.69, 9.17) is 10.5 Å². The fourth-order valence-electron chi connectivity index (χ4n) is 1.90. The van der Waals surface area contributed by atoms with Crippen LogP contribution < -0.4 is 5.73 Å². The topological polar surface area (TPSA) is 35.2 Å². The van der Waals surface area contributed by atoms with Crippen LogP contribution in [0.5, 0.6) is 0 Å². The second-order valence-electron chi connectivity index (χ2n) is 3.61. The summed E-state index contributed by atoms with van der Waals surface area (Å²) < 4.78 is 5.45. The first-order valence-electron chi connectivity index (χ1n) is 4.61. The standard InChI is InChI=1S/C9H19NO/c1-2-4-9(7-10)5-3-6-11-8-9/h2-8,10H2,1H3. The molecule has 1 unspecified atom stereocenters. The first-order valence-corrected chi connectivity index (χ1v) is 4.61. The molecule has 66 valence electrons. The lowest BCUT2D eigenvalue weighted by Gasteiger charge is -2.35. The van der Waals surface area contributed by atoms with E-state index in [0.29, 0.717) is 5.41 Å². The summed E-state index contributed by atoms with van der Waals surface area (Å²) in [5, 5.41) is 0. The maximum Gasteiger partial charge on any atom is 0.0534 e. The van der Waals surface area contributed by atoms with Crippen molar-refractivity contribution in [1.82, 2.24) is 0 Å². The fraction of sp³-hybridized carbons (Fsp3) is 1.00. The Balaban J connectivity index is 2.42.